The van der Waals surface area contributed by atoms with E-state index in [9.17, 15) is 18.7 Å². The number of nitrogens with zero attached hydrogens (tertiary/aromatic N) is 1. The van der Waals surface area contributed by atoms with E-state index in [4.69, 9.17) is 0 Å². The minimum atomic E-state index is -0.933. The van der Waals surface area contributed by atoms with E-state index < -0.39 is 29.4 Å². The second-order valence-electron chi connectivity index (χ2n) is 4.96. The molecule has 1 aromatic carbocycles. The van der Waals surface area contributed by atoms with Crippen molar-refractivity contribution in [1.29, 1.82) is 0 Å². The number of carboxylic acids is 1. The number of carboxylic acid groups (broad SMARTS) is 1. The third kappa shape index (κ3) is 2.47. The highest BCUT2D eigenvalue weighted by Gasteiger charge is 2.44. The van der Waals surface area contributed by atoms with Crippen LogP contribution in [0.15, 0.2) is 18.2 Å². The van der Waals surface area contributed by atoms with Gasteiger partial charge in [0.2, 0.25) is 0 Å². The molecule has 0 aliphatic carbocycles. The zero-order chi connectivity index (χ0) is 14.2. The summed E-state index contributed by atoms with van der Waals surface area (Å²) in [6.45, 7) is 4.98. The van der Waals surface area contributed by atoms with E-state index >= 15 is 0 Å². The number of benzene rings is 1. The van der Waals surface area contributed by atoms with Crippen molar-refractivity contribution in [3.63, 3.8) is 0 Å². The summed E-state index contributed by atoms with van der Waals surface area (Å²) in [6, 6.07) is 3.19. The summed E-state index contributed by atoms with van der Waals surface area (Å²) in [5.41, 5.74) is 0.289. The van der Waals surface area contributed by atoms with E-state index in [1.807, 2.05) is 18.7 Å². The van der Waals surface area contributed by atoms with Gasteiger partial charge in [-0.2, -0.15) is 0 Å². The minimum Gasteiger partial charge on any atom is -0.481 e. The molecule has 1 saturated heterocycles. The Balaban J connectivity index is 2.39. The lowest BCUT2D eigenvalue weighted by molar-refractivity contribution is -0.142. The molecule has 104 valence electrons. The zero-order valence-electron chi connectivity index (χ0n) is 10.9. The van der Waals surface area contributed by atoms with Crippen molar-refractivity contribution in [2.45, 2.75) is 25.8 Å². The molecule has 1 fully saturated rings. The summed E-state index contributed by atoms with van der Waals surface area (Å²) < 4.78 is 26.8. The number of likely N-dealkylation sites (N-methyl/N-ethyl adjacent to an activating group) is 1. The van der Waals surface area contributed by atoms with Crippen molar-refractivity contribution in [3.8, 4) is 0 Å². The number of carbonyl (C=O) groups is 1. The number of hydrogen-bond acceptors (Lipinski definition) is 2. The summed E-state index contributed by atoms with van der Waals surface area (Å²) in [5, 5.41) is 9.35. The van der Waals surface area contributed by atoms with Crippen LogP contribution < -0.4 is 0 Å². The molecule has 0 bridgehead atoms. The molecular formula is C14H17F2NO2. The van der Waals surface area contributed by atoms with E-state index in [0.717, 1.165) is 6.07 Å². The highest BCUT2D eigenvalue weighted by atomic mass is 19.1. The third-order valence-corrected chi connectivity index (χ3v) is 4.01. The Morgan fingerprint density at radius 1 is 1.47 bits per heavy atom. The van der Waals surface area contributed by atoms with Gasteiger partial charge in [-0.3, -0.25) is 9.69 Å². The summed E-state index contributed by atoms with van der Waals surface area (Å²) in [7, 11) is 0. The smallest absolute Gasteiger partial charge is 0.308 e. The van der Waals surface area contributed by atoms with Crippen LogP contribution in [0.1, 0.15) is 25.3 Å². The van der Waals surface area contributed by atoms with E-state index in [1.54, 1.807) is 0 Å². The average Bonchev–Trinajstić information content (AvgIpc) is 2.66. The minimum absolute atomic E-state index is 0.156. The number of halogens is 2. The summed E-state index contributed by atoms with van der Waals surface area (Å²) in [4.78, 5) is 13.4. The lowest BCUT2D eigenvalue weighted by Crippen LogP contribution is -2.33. The molecule has 1 unspecified atom stereocenters. The monoisotopic (exact) mass is 269 g/mol. The van der Waals surface area contributed by atoms with E-state index in [0.29, 0.717) is 13.1 Å². The number of aliphatic carboxylic acids is 1. The molecule has 0 saturated carbocycles. The number of likely N-dealkylation sites (tertiary alicyclic amines) is 1. The van der Waals surface area contributed by atoms with Gasteiger partial charge in [-0.15, -0.1) is 0 Å². The SMILES string of the molecule is CCN1C[C@@H](c2ccc(F)cc2F)[C@H](C(=O)O)C1C. The normalized spacial score (nSPS) is 27.7. The Labute approximate surface area is 110 Å². The molecule has 2 rings (SSSR count). The second-order valence-corrected chi connectivity index (χ2v) is 4.96. The average molecular weight is 269 g/mol. The Morgan fingerprint density at radius 2 is 2.16 bits per heavy atom. The molecule has 5 heteroatoms. The maximum Gasteiger partial charge on any atom is 0.308 e. The van der Waals surface area contributed by atoms with Crippen LogP contribution in [-0.2, 0) is 4.79 Å². The van der Waals surface area contributed by atoms with Crippen molar-refractivity contribution in [1.82, 2.24) is 4.90 Å². The van der Waals surface area contributed by atoms with Crippen LogP contribution in [0.4, 0.5) is 8.78 Å². The molecule has 0 spiro atoms. The molecular weight excluding hydrogens is 252 g/mol. The zero-order valence-corrected chi connectivity index (χ0v) is 10.9. The Kier molecular flexibility index (Phi) is 3.85. The van der Waals surface area contributed by atoms with Crippen molar-refractivity contribution >= 4 is 5.97 Å². The molecule has 1 heterocycles. The van der Waals surface area contributed by atoms with Gasteiger partial charge in [-0.1, -0.05) is 13.0 Å². The van der Waals surface area contributed by atoms with Crippen LogP contribution in [0.3, 0.4) is 0 Å². The third-order valence-electron chi connectivity index (χ3n) is 4.01. The van der Waals surface area contributed by atoms with Crippen LogP contribution in [0.2, 0.25) is 0 Å². The molecule has 0 amide bonds. The first-order valence-electron chi connectivity index (χ1n) is 6.37. The van der Waals surface area contributed by atoms with Gasteiger partial charge in [0.15, 0.2) is 0 Å². The maximum absolute atomic E-state index is 13.8. The van der Waals surface area contributed by atoms with Gasteiger partial charge in [-0.25, -0.2) is 8.78 Å². The fraction of sp³-hybridized carbons (Fsp3) is 0.500. The van der Waals surface area contributed by atoms with Crippen LogP contribution >= 0.6 is 0 Å². The van der Waals surface area contributed by atoms with Gasteiger partial charge in [-0.05, 0) is 25.1 Å². The highest BCUT2D eigenvalue weighted by molar-refractivity contribution is 5.73. The lowest BCUT2D eigenvalue weighted by Gasteiger charge is -2.20. The topological polar surface area (TPSA) is 40.5 Å². The van der Waals surface area contributed by atoms with Crippen LogP contribution in [-0.4, -0.2) is 35.1 Å². The van der Waals surface area contributed by atoms with Crippen LogP contribution in [0.5, 0.6) is 0 Å². The molecule has 1 aromatic rings. The highest BCUT2D eigenvalue weighted by Crippen LogP contribution is 2.38. The second kappa shape index (κ2) is 5.25. The maximum atomic E-state index is 13.8. The first-order chi connectivity index (χ1) is 8.95. The van der Waals surface area contributed by atoms with Crippen LogP contribution in [0, 0.1) is 17.6 Å². The van der Waals surface area contributed by atoms with E-state index in [2.05, 4.69) is 0 Å². The lowest BCUT2D eigenvalue weighted by atomic mass is 9.85. The van der Waals surface area contributed by atoms with Gasteiger partial charge in [0.05, 0.1) is 5.92 Å². The first-order valence-corrected chi connectivity index (χ1v) is 6.37. The summed E-state index contributed by atoms with van der Waals surface area (Å²) in [5.74, 6) is -3.35. The Bertz CT molecular complexity index is 492. The molecule has 1 N–H and O–H groups in total. The van der Waals surface area contributed by atoms with E-state index in [1.165, 1.54) is 12.1 Å². The fourth-order valence-corrected chi connectivity index (χ4v) is 2.99. The summed E-state index contributed by atoms with van der Waals surface area (Å²) in [6.07, 6.45) is 0. The van der Waals surface area contributed by atoms with Gasteiger partial charge in [0.1, 0.15) is 11.6 Å². The van der Waals surface area contributed by atoms with Gasteiger partial charge in [0, 0.05) is 24.6 Å². The molecule has 19 heavy (non-hydrogen) atoms. The predicted molar refractivity (Wildman–Crippen MR) is 66.9 cm³/mol. The predicted octanol–water partition coefficient (Wildman–Crippen LogP) is 2.47. The molecule has 0 radical (unpaired) electrons. The van der Waals surface area contributed by atoms with E-state index in [-0.39, 0.29) is 11.6 Å². The quantitative estimate of drug-likeness (QED) is 0.916. The van der Waals surface area contributed by atoms with Crippen molar-refractivity contribution in [3.05, 3.63) is 35.4 Å². The largest absolute Gasteiger partial charge is 0.481 e. The van der Waals surface area contributed by atoms with Gasteiger partial charge in [0.25, 0.3) is 0 Å². The number of hydrogen-bond donors (Lipinski definition) is 1. The standard InChI is InChI=1S/C14H17F2NO2/c1-3-17-7-11(13(8(17)2)14(18)19)10-5-4-9(15)6-12(10)16/h4-6,8,11,13H,3,7H2,1-2H3,(H,18,19)/t8?,11-,13+/m0/s1. The molecule has 3 nitrogen and oxygen atoms in total. The van der Waals surface area contributed by atoms with Crippen molar-refractivity contribution in [2.75, 3.05) is 13.1 Å². The number of rotatable bonds is 3. The molecule has 0 aromatic heterocycles. The van der Waals surface area contributed by atoms with Crippen LogP contribution in [0.25, 0.3) is 0 Å². The van der Waals surface area contributed by atoms with Gasteiger partial charge >= 0.3 is 5.97 Å². The van der Waals surface area contributed by atoms with Crippen molar-refractivity contribution in [2.24, 2.45) is 5.92 Å². The first kappa shape index (κ1) is 13.9. The van der Waals surface area contributed by atoms with Crippen molar-refractivity contribution < 1.29 is 18.7 Å². The van der Waals surface area contributed by atoms with Gasteiger partial charge < -0.3 is 5.11 Å². The fourth-order valence-electron chi connectivity index (χ4n) is 2.99. The Hall–Kier alpha value is -1.49. The molecule has 1 aliphatic heterocycles. The Morgan fingerprint density at radius 3 is 2.68 bits per heavy atom. The molecule has 1 aliphatic rings. The summed E-state index contributed by atoms with van der Waals surface area (Å²) >= 11 is 0. The molecule has 3 atom stereocenters.